The van der Waals surface area contributed by atoms with Crippen LogP contribution in [-0.2, 0) is 9.53 Å². The first-order valence-electron chi connectivity index (χ1n) is 6.65. The third-order valence-corrected chi connectivity index (χ3v) is 3.20. The number of urea groups is 1. The van der Waals surface area contributed by atoms with Gasteiger partial charge in [-0.15, -0.1) is 0 Å². The minimum atomic E-state index is -1.01. The Morgan fingerprint density at radius 3 is 2.58 bits per heavy atom. The van der Waals surface area contributed by atoms with Crippen LogP contribution in [0.25, 0.3) is 0 Å². The van der Waals surface area contributed by atoms with Gasteiger partial charge in [0.15, 0.2) is 0 Å². The average Bonchev–Trinajstić information content (AvgIpc) is 2.77. The van der Waals surface area contributed by atoms with Crippen LogP contribution in [0.1, 0.15) is 33.6 Å². The van der Waals surface area contributed by atoms with Crippen molar-refractivity contribution >= 4 is 12.0 Å². The van der Waals surface area contributed by atoms with E-state index in [0.717, 1.165) is 26.1 Å². The molecule has 1 heterocycles. The van der Waals surface area contributed by atoms with Crippen LogP contribution >= 0.6 is 0 Å². The zero-order chi connectivity index (χ0) is 14.5. The summed E-state index contributed by atoms with van der Waals surface area (Å²) >= 11 is 0. The summed E-state index contributed by atoms with van der Waals surface area (Å²) in [6.45, 7) is 7.28. The zero-order valence-electron chi connectivity index (χ0n) is 11.9. The third-order valence-electron chi connectivity index (χ3n) is 3.20. The number of carboxylic acid groups (broad SMARTS) is 1. The Labute approximate surface area is 114 Å². The lowest BCUT2D eigenvalue weighted by Crippen LogP contribution is -2.52. The van der Waals surface area contributed by atoms with E-state index in [9.17, 15) is 9.59 Å². The monoisotopic (exact) mass is 272 g/mol. The van der Waals surface area contributed by atoms with E-state index in [0.29, 0.717) is 12.5 Å². The van der Waals surface area contributed by atoms with E-state index in [1.807, 2.05) is 20.8 Å². The number of carbonyl (C=O) groups is 2. The van der Waals surface area contributed by atoms with Crippen LogP contribution < -0.4 is 5.32 Å². The van der Waals surface area contributed by atoms with E-state index >= 15 is 0 Å². The highest BCUT2D eigenvalue weighted by Crippen LogP contribution is 2.16. The molecule has 0 saturated carbocycles. The van der Waals surface area contributed by atoms with Crippen molar-refractivity contribution < 1.29 is 19.4 Å². The molecule has 110 valence electrons. The standard InChI is InChI=1S/C13H24N2O4/c1-13(2,3)15(8-11(16)17)12(18)14-6-4-10-5-7-19-9-10/h10H,4-9H2,1-3H3,(H,14,18)(H,16,17). The number of carbonyl (C=O) groups excluding carboxylic acids is 1. The number of hydrogen-bond acceptors (Lipinski definition) is 3. The van der Waals surface area contributed by atoms with Crippen molar-refractivity contribution in [3.63, 3.8) is 0 Å². The topological polar surface area (TPSA) is 78.9 Å². The number of nitrogens with zero attached hydrogens (tertiary/aromatic N) is 1. The van der Waals surface area contributed by atoms with Gasteiger partial charge in [0.05, 0.1) is 0 Å². The molecule has 1 rings (SSSR count). The molecule has 1 unspecified atom stereocenters. The first-order valence-corrected chi connectivity index (χ1v) is 6.65. The van der Waals surface area contributed by atoms with Gasteiger partial charge >= 0.3 is 12.0 Å². The Morgan fingerprint density at radius 2 is 2.11 bits per heavy atom. The fraction of sp³-hybridized carbons (Fsp3) is 0.846. The number of rotatable bonds is 5. The minimum absolute atomic E-state index is 0.290. The van der Waals surface area contributed by atoms with E-state index < -0.39 is 11.5 Å². The van der Waals surface area contributed by atoms with E-state index in [-0.39, 0.29) is 12.6 Å². The Hall–Kier alpha value is -1.30. The van der Waals surface area contributed by atoms with E-state index in [1.165, 1.54) is 4.90 Å². The Morgan fingerprint density at radius 1 is 1.42 bits per heavy atom. The molecule has 0 radical (unpaired) electrons. The Bertz CT molecular complexity index is 319. The van der Waals surface area contributed by atoms with Crippen LogP contribution in [0.15, 0.2) is 0 Å². The van der Waals surface area contributed by atoms with E-state index in [1.54, 1.807) is 0 Å². The normalized spacial score (nSPS) is 19.2. The lowest BCUT2D eigenvalue weighted by atomic mass is 10.1. The molecule has 1 aliphatic rings. The summed E-state index contributed by atoms with van der Waals surface area (Å²) in [7, 11) is 0. The van der Waals surface area contributed by atoms with Crippen molar-refractivity contribution in [2.24, 2.45) is 5.92 Å². The predicted octanol–water partition coefficient (Wildman–Crippen LogP) is 1.31. The second kappa shape index (κ2) is 6.75. The van der Waals surface area contributed by atoms with Crippen LogP contribution in [-0.4, -0.2) is 53.8 Å². The fourth-order valence-corrected chi connectivity index (χ4v) is 2.04. The Balaban J connectivity index is 2.40. The van der Waals surface area contributed by atoms with Gasteiger partial charge in [-0.3, -0.25) is 4.79 Å². The maximum Gasteiger partial charge on any atom is 0.323 e. The molecule has 2 N–H and O–H groups in total. The molecule has 0 aromatic heterocycles. The van der Waals surface area contributed by atoms with Gasteiger partial charge in [0.1, 0.15) is 6.54 Å². The summed E-state index contributed by atoms with van der Waals surface area (Å²) in [4.78, 5) is 24.2. The number of hydrogen-bond donors (Lipinski definition) is 2. The first-order chi connectivity index (χ1) is 8.80. The summed E-state index contributed by atoms with van der Waals surface area (Å²) in [5.74, 6) is -0.503. The van der Waals surface area contributed by atoms with Crippen molar-refractivity contribution in [3.05, 3.63) is 0 Å². The number of ether oxygens (including phenoxy) is 1. The Kier molecular flexibility index (Phi) is 5.60. The maximum atomic E-state index is 12.0. The van der Waals surface area contributed by atoms with E-state index in [2.05, 4.69) is 5.32 Å². The summed E-state index contributed by atoms with van der Waals surface area (Å²) < 4.78 is 5.27. The van der Waals surface area contributed by atoms with Gasteiger partial charge in [0.25, 0.3) is 0 Å². The number of carboxylic acids is 1. The van der Waals surface area contributed by atoms with Gasteiger partial charge in [-0.1, -0.05) is 0 Å². The molecule has 1 atom stereocenters. The maximum absolute atomic E-state index is 12.0. The lowest BCUT2D eigenvalue weighted by molar-refractivity contribution is -0.138. The van der Waals surface area contributed by atoms with Crippen molar-refractivity contribution in [1.29, 1.82) is 0 Å². The SMILES string of the molecule is CC(C)(C)N(CC(=O)O)C(=O)NCCC1CCOC1. The number of nitrogens with one attached hydrogen (secondary N) is 1. The molecule has 1 aliphatic heterocycles. The molecular formula is C13H24N2O4. The summed E-state index contributed by atoms with van der Waals surface area (Å²) in [5.41, 5.74) is -0.515. The summed E-state index contributed by atoms with van der Waals surface area (Å²) in [6.07, 6.45) is 1.91. The highest BCUT2D eigenvalue weighted by molar-refractivity contribution is 5.80. The lowest BCUT2D eigenvalue weighted by Gasteiger charge is -2.34. The highest BCUT2D eigenvalue weighted by atomic mass is 16.5. The van der Waals surface area contributed by atoms with Crippen molar-refractivity contribution in [1.82, 2.24) is 10.2 Å². The molecule has 0 spiro atoms. The molecule has 0 aliphatic carbocycles. The molecule has 0 aromatic carbocycles. The first kappa shape index (κ1) is 15.8. The van der Waals surface area contributed by atoms with Crippen molar-refractivity contribution in [3.8, 4) is 0 Å². The van der Waals surface area contributed by atoms with Crippen LogP contribution in [0.3, 0.4) is 0 Å². The molecule has 6 nitrogen and oxygen atoms in total. The average molecular weight is 272 g/mol. The second-order valence-corrected chi connectivity index (χ2v) is 5.90. The second-order valence-electron chi connectivity index (χ2n) is 5.90. The van der Waals surface area contributed by atoms with Gasteiger partial charge in [-0.25, -0.2) is 4.79 Å². The third kappa shape index (κ3) is 5.46. The van der Waals surface area contributed by atoms with Gasteiger partial charge in [-0.2, -0.15) is 0 Å². The quantitative estimate of drug-likeness (QED) is 0.791. The summed E-state index contributed by atoms with van der Waals surface area (Å²) in [6, 6.07) is -0.325. The largest absolute Gasteiger partial charge is 0.480 e. The van der Waals surface area contributed by atoms with Gasteiger partial charge < -0.3 is 20.1 Å². The molecule has 0 aromatic rings. The van der Waals surface area contributed by atoms with Crippen LogP contribution in [0.5, 0.6) is 0 Å². The summed E-state index contributed by atoms with van der Waals surface area (Å²) in [5, 5.41) is 11.6. The van der Waals surface area contributed by atoms with Gasteiger partial charge in [-0.05, 0) is 39.5 Å². The van der Waals surface area contributed by atoms with Crippen molar-refractivity contribution in [2.45, 2.75) is 39.2 Å². The molecule has 2 amide bonds. The van der Waals surface area contributed by atoms with Gasteiger partial charge in [0.2, 0.25) is 0 Å². The van der Waals surface area contributed by atoms with Crippen molar-refractivity contribution in [2.75, 3.05) is 26.3 Å². The fourth-order valence-electron chi connectivity index (χ4n) is 2.04. The van der Waals surface area contributed by atoms with Crippen LogP contribution in [0.2, 0.25) is 0 Å². The molecule has 19 heavy (non-hydrogen) atoms. The molecular weight excluding hydrogens is 248 g/mol. The zero-order valence-corrected chi connectivity index (χ0v) is 11.9. The van der Waals surface area contributed by atoms with Crippen LogP contribution in [0, 0.1) is 5.92 Å². The minimum Gasteiger partial charge on any atom is -0.480 e. The number of aliphatic carboxylic acids is 1. The number of amides is 2. The van der Waals surface area contributed by atoms with E-state index in [4.69, 9.17) is 9.84 Å². The van der Waals surface area contributed by atoms with Gasteiger partial charge in [0, 0.05) is 25.3 Å². The molecule has 6 heteroatoms. The van der Waals surface area contributed by atoms with Crippen LogP contribution in [0.4, 0.5) is 4.79 Å². The molecule has 1 saturated heterocycles. The molecule has 0 bridgehead atoms. The predicted molar refractivity (Wildman–Crippen MR) is 71.0 cm³/mol. The smallest absolute Gasteiger partial charge is 0.323 e. The molecule has 1 fully saturated rings. The highest BCUT2D eigenvalue weighted by Gasteiger charge is 2.28.